The van der Waals surface area contributed by atoms with Crippen molar-refractivity contribution in [2.75, 3.05) is 20.2 Å². The van der Waals surface area contributed by atoms with Gasteiger partial charge in [0, 0.05) is 17.0 Å². The smallest absolute Gasteiger partial charge is 0.250 e. The highest BCUT2D eigenvalue weighted by Crippen LogP contribution is 2.20. The van der Waals surface area contributed by atoms with E-state index in [1.54, 1.807) is 7.11 Å². The summed E-state index contributed by atoms with van der Waals surface area (Å²) in [5.41, 5.74) is 1.65. The van der Waals surface area contributed by atoms with E-state index in [0.29, 0.717) is 16.5 Å². The molecule has 2 aromatic carbocycles. The Labute approximate surface area is 165 Å². The van der Waals surface area contributed by atoms with Crippen LogP contribution >= 0.6 is 11.6 Å². The molecule has 2 aromatic rings. The molecule has 1 saturated heterocycles. The lowest BCUT2D eigenvalue weighted by molar-refractivity contribution is -0.429. The Morgan fingerprint density at radius 3 is 2.52 bits per heavy atom. The van der Waals surface area contributed by atoms with Gasteiger partial charge in [-0.15, -0.1) is 0 Å². The van der Waals surface area contributed by atoms with Crippen LogP contribution in [0.25, 0.3) is 0 Å². The Hall–Kier alpha value is -2.33. The number of carbonyl (C=O) groups is 1. The highest BCUT2D eigenvalue weighted by molar-refractivity contribution is 6.30. The molecular weight excluding hydrogens is 360 g/mol. The van der Waals surface area contributed by atoms with Gasteiger partial charge in [-0.2, -0.15) is 0 Å². The van der Waals surface area contributed by atoms with Gasteiger partial charge < -0.3 is 4.74 Å². The highest BCUT2D eigenvalue weighted by Gasteiger charge is 2.23. The van der Waals surface area contributed by atoms with Crippen molar-refractivity contribution in [3.05, 3.63) is 59.1 Å². The zero-order valence-corrected chi connectivity index (χ0v) is 16.6. The summed E-state index contributed by atoms with van der Waals surface area (Å²) < 4.78 is 7.27. The van der Waals surface area contributed by atoms with Gasteiger partial charge >= 0.3 is 0 Å². The number of hydrogen-bond donors (Lipinski definition) is 1. The summed E-state index contributed by atoms with van der Waals surface area (Å²) in [6, 6.07) is 14.9. The lowest BCUT2D eigenvalue weighted by Gasteiger charge is -2.12. The van der Waals surface area contributed by atoms with E-state index in [0.717, 1.165) is 43.1 Å². The zero-order chi connectivity index (χ0) is 19.2. The quantitative estimate of drug-likeness (QED) is 0.600. The zero-order valence-electron chi connectivity index (χ0n) is 15.9. The Kier molecular flexibility index (Phi) is 6.51. The molecule has 0 saturated carbocycles. The average Bonchev–Trinajstić information content (AvgIpc) is 2.91. The van der Waals surface area contributed by atoms with E-state index in [-0.39, 0.29) is 12.3 Å². The van der Waals surface area contributed by atoms with E-state index < -0.39 is 0 Å². The molecule has 1 aliphatic heterocycles. The van der Waals surface area contributed by atoms with Crippen molar-refractivity contribution in [2.24, 2.45) is 5.92 Å². The van der Waals surface area contributed by atoms with Crippen LogP contribution in [0.3, 0.4) is 0 Å². The third-order valence-corrected chi connectivity index (χ3v) is 5.27. The Balaban J connectivity index is 1.91. The van der Waals surface area contributed by atoms with Gasteiger partial charge in [-0.05, 0) is 67.3 Å². The molecule has 0 radical (unpaired) electrons. The molecule has 0 aliphatic carbocycles. The number of Topliss-reactive ketones (excluding diaryl/α,β-unsaturated/α-hetero) is 1. The van der Waals surface area contributed by atoms with Gasteiger partial charge in [0.25, 0.3) is 0 Å². The van der Waals surface area contributed by atoms with E-state index >= 15 is 0 Å². The molecule has 4 nitrogen and oxygen atoms in total. The van der Waals surface area contributed by atoms with E-state index in [1.165, 1.54) is 0 Å². The van der Waals surface area contributed by atoms with Gasteiger partial charge in [0.15, 0.2) is 6.54 Å². The second-order valence-electron chi connectivity index (χ2n) is 7.02. The van der Waals surface area contributed by atoms with Gasteiger partial charge in [0.1, 0.15) is 11.4 Å². The van der Waals surface area contributed by atoms with E-state index in [2.05, 4.69) is 16.8 Å². The highest BCUT2D eigenvalue weighted by atomic mass is 35.5. The normalized spacial score (nSPS) is 19.0. The van der Waals surface area contributed by atoms with Crippen molar-refractivity contribution in [1.82, 2.24) is 5.32 Å². The van der Waals surface area contributed by atoms with Crippen LogP contribution in [0.1, 0.15) is 36.5 Å². The van der Waals surface area contributed by atoms with E-state index in [9.17, 15) is 4.79 Å². The predicted molar refractivity (Wildman–Crippen MR) is 110 cm³/mol. The number of benzene rings is 2. The maximum absolute atomic E-state index is 12.9. The summed E-state index contributed by atoms with van der Waals surface area (Å²) in [6.07, 6.45) is 3.19. The number of ether oxygens (including phenoxy) is 1. The molecule has 1 atom stereocenters. The molecule has 27 heavy (non-hydrogen) atoms. The molecule has 3 rings (SSSR count). The summed E-state index contributed by atoms with van der Waals surface area (Å²) in [6.45, 7) is 3.49. The molecule has 0 bridgehead atoms. The minimum absolute atomic E-state index is 0.0687. The largest absolute Gasteiger partial charge is 0.497 e. The molecule has 1 unspecified atom stereocenters. The maximum Gasteiger partial charge on any atom is 0.250 e. The average molecular weight is 386 g/mol. The van der Waals surface area contributed by atoms with Crippen LogP contribution in [-0.2, 0) is 0 Å². The maximum atomic E-state index is 12.9. The standard InChI is InChI=1S/C22H25ClN2O2/c1-16-3-12-22(24-14-13-16)25(19-8-6-18(23)7-9-19)15-21(26)17-4-10-20(27-2)11-5-17/h4-11,16H,3,12-15H2,1-2H3/p+1. The van der Waals surface area contributed by atoms with Crippen molar-refractivity contribution in [3.63, 3.8) is 0 Å². The van der Waals surface area contributed by atoms with Gasteiger partial charge in [-0.1, -0.05) is 18.5 Å². The van der Waals surface area contributed by atoms with Gasteiger partial charge in [-0.3, -0.25) is 10.1 Å². The molecule has 1 heterocycles. The lowest BCUT2D eigenvalue weighted by atomic mass is 10.0. The summed E-state index contributed by atoms with van der Waals surface area (Å²) in [4.78, 5) is 12.9. The molecular formula is C22H26ClN2O2+. The molecule has 0 aromatic heterocycles. The summed E-state index contributed by atoms with van der Waals surface area (Å²) in [7, 11) is 1.62. The van der Waals surface area contributed by atoms with E-state index in [4.69, 9.17) is 16.3 Å². The van der Waals surface area contributed by atoms with Crippen molar-refractivity contribution in [1.29, 1.82) is 0 Å². The number of halogens is 1. The van der Waals surface area contributed by atoms with Crippen LogP contribution in [0.15, 0.2) is 48.5 Å². The summed E-state index contributed by atoms with van der Waals surface area (Å²) >= 11 is 6.06. The monoisotopic (exact) mass is 385 g/mol. The Bertz CT molecular complexity index is 813. The Morgan fingerprint density at radius 2 is 1.85 bits per heavy atom. The second-order valence-corrected chi connectivity index (χ2v) is 7.46. The number of methoxy groups -OCH3 is 1. The molecule has 1 fully saturated rings. The van der Waals surface area contributed by atoms with Crippen LogP contribution in [0, 0.1) is 5.92 Å². The Morgan fingerprint density at radius 1 is 1.15 bits per heavy atom. The lowest BCUT2D eigenvalue weighted by Crippen LogP contribution is -2.33. The van der Waals surface area contributed by atoms with Crippen LogP contribution < -0.4 is 10.1 Å². The molecule has 1 N–H and O–H groups in total. The minimum Gasteiger partial charge on any atom is -0.497 e. The van der Waals surface area contributed by atoms with Crippen LogP contribution in [0.5, 0.6) is 5.75 Å². The molecule has 5 heteroatoms. The number of ketones is 1. The number of hydrogen-bond acceptors (Lipinski definition) is 2. The predicted octanol–water partition coefficient (Wildman–Crippen LogP) is 4.68. The van der Waals surface area contributed by atoms with Gasteiger partial charge in [-0.25, -0.2) is 4.58 Å². The first-order valence-electron chi connectivity index (χ1n) is 9.37. The number of nitrogens with one attached hydrogen (secondary N) is 1. The van der Waals surface area contributed by atoms with Crippen molar-refractivity contribution >= 4 is 28.9 Å². The fourth-order valence-corrected chi connectivity index (χ4v) is 3.41. The number of nitrogens with zero attached hydrogens (tertiary/aromatic N) is 1. The first kappa shape index (κ1) is 19.4. The van der Waals surface area contributed by atoms with Gasteiger partial charge in [0.2, 0.25) is 11.6 Å². The second kappa shape index (κ2) is 9.05. The number of carbonyl (C=O) groups excluding carboxylic acids is 1. The van der Waals surface area contributed by atoms with Crippen molar-refractivity contribution in [2.45, 2.75) is 26.2 Å². The van der Waals surface area contributed by atoms with Crippen molar-refractivity contribution in [3.8, 4) is 5.75 Å². The molecule has 0 amide bonds. The van der Waals surface area contributed by atoms with Crippen LogP contribution in [0.2, 0.25) is 5.02 Å². The molecule has 0 spiro atoms. The number of rotatable bonds is 5. The fraction of sp³-hybridized carbons (Fsp3) is 0.364. The summed E-state index contributed by atoms with van der Waals surface area (Å²) in [5, 5.41) is 4.23. The van der Waals surface area contributed by atoms with Gasteiger partial charge in [0.05, 0.1) is 13.7 Å². The fourth-order valence-electron chi connectivity index (χ4n) is 3.28. The first-order valence-corrected chi connectivity index (χ1v) is 9.74. The van der Waals surface area contributed by atoms with Crippen molar-refractivity contribution < 1.29 is 14.1 Å². The minimum atomic E-state index is 0.0687. The van der Waals surface area contributed by atoms with E-state index in [1.807, 2.05) is 48.5 Å². The third kappa shape index (κ3) is 5.10. The first-order chi connectivity index (χ1) is 13.1. The topological polar surface area (TPSA) is 41.3 Å². The van der Waals surface area contributed by atoms with Crippen LogP contribution in [0.4, 0.5) is 5.69 Å². The summed E-state index contributed by atoms with van der Waals surface area (Å²) in [5.74, 6) is 2.59. The molecule has 142 valence electrons. The molecule has 1 aliphatic rings. The number of amidine groups is 1. The SMILES string of the molecule is COc1ccc(C(=O)C[N+](=C2CCC(C)CCN2)c2ccc(Cl)cc2)cc1. The van der Waals surface area contributed by atoms with Crippen LogP contribution in [-0.4, -0.2) is 36.4 Å². The third-order valence-electron chi connectivity index (χ3n) is 5.02.